The number of hydrogen-bond acceptors (Lipinski definition) is 3. The van der Waals surface area contributed by atoms with Crippen LogP contribution in [0.4, 0.5) is 5.82 Å². The summed E-state index contributed by atoms with van der Waals surface area (Å²) in [5.74, 6) is 1.14. The largest absolute Gasteiger partial charge is 0.310 e. The van der Waals surface area contributed by atoms with Crippen molar-refractivity contribution in [2.24, 2.45) is 0 Å². The molecule has 1 aliphatic rings. The van der Waals surface area contributed by atoms with Crippen molar-refractivity contribution in [2.75, 3.05) is 11.1 Å². The summed E-state index contributed by atoms with van der Waals surface area (Å²) in [6.07, 6.45) is 0. The molecule has 1 aliphatic heterocycles. The predicted octanol–water partition coefficient (Wildman–Crippen LogP) is 5.23. The maximum absolute atomic E-state index is 12.4. The minimum Gasteiger partial charge on any atom is -0.310 e. The number of carbonyl (C=O) groups is 1. The Balaban J connectivity index is 1.90. The molecule has 4 rings (SSSR count). The highest BCUT2D eigenvalue weighted by molar-refractivity contribution is 8.00. The summed E-state index contributed by atoms with van der Waals surface area (Å²) in [6.45, 7) is 6.22. The summed E-state index contributed by atoms with van der Waals surface area (Å²) in [7, 11) is 0. The lowest BCUT2D eigenvalue weighted by Crippen LogP contribution is -2.15. The van der Waals surface area contributed by atoms with Crippen molar-refractivity contribution in [3.8, 4) is 5.69 Å². The Kier molecular flexibility index (Phi) is 4.74. The van der Waals surface area contributed by atoms with Crippen LogP contribution in [0.15, 0.2) is 42.5 Å². The Bertz CT molecular complexity index is 1030. The van der Waals surface area contributed by atoms with Crippen molar-refractivity contribution in [3.05, 3.63) is 75.4 Å². The van der Waals surface area contributed by atoms with E-state index in [0.717, 1.165) is 22.8 Å². The number of nitrogens with one attached hydrogen (secondary N) is 1. The topological polar surface area (TPSA) is 46.9 Å². The number of rotatable bonds is 2. The minimum atomic E-state index is -0.0105. The van der Waals surface area contributed by atoms with Crippen LogP contribution in [0.1, 0.15) is 33.2 Å². The molecule has 0 fully saturated rings. The molecule has 3 aromatic rings. The first-order valence-electron chi connectivity index (χ1n) is 8.78. The summed E-state index contributed by atoms with van der Waals surface area (Å²) < 4.78 is 1.81. The molecule has 6 heteroatoms. The number of anilines is 1. The zero-order valence-electron chi connectivity index (χ0n) is 15.4. The van der Waals surface area contributed by atoms with Crippen LogP contribution in [0, 0.1) is 20.8 Å². The molecule has 2 aromatic carbocycles. The van der Waals surface area contributed by atoms with Crippen LogP contribution in [-0.2, 0) is 4.79 Å². The maximum atomic E-state index is 12.4. The van der Waals surface area contributed by atoms with Crippen molar-refractivity contribution < 1.29 is 4.79 Å². The van der Waals surface area contributed by atoms with Crippen LogP contribution in [0.25, 0.3) is 5.69 Å². The molecule has 1 atom stereocenters. The van der Waals surface area contributed by atoms with E-state index >= 15 is 0 Å². The van der Waals surface area contributed by atoms with Crippen molar-refractivity contribution in [2.45, 2.75) is 26.0 Å². The van der Waals surface area contributed by atoms with E-state index in [4.69, 9.17) is 16.7 Å². The summed E-state index contributed by atoms with van der Waals surface area (Å²) in [4.78, 5) is 12.4. The van der Waals surface area contributed by atoms with Gasteiger partial charge < -0.3 is 5.32 Å². The molecule has 1 N–H and O–H groups in total. The summed E-state index contributed by atoms with van der Waals surface area (Å²) in [5.41, 5.74) is 6.54. The third-order valence-corrected chi connectivity index (χ3v) is 6.29. The lowest BCUT2D eigenvalue weighted by Gasteiger charge is -2.18. The van der Waals surface area contributed by atoms with Crippen LogP contribution in [-0.4, -0.2) is 21.4 Å². The average Bonchev–Trinajstić information content (AvgIpc) is 2.83. The van der Waals surface area contributed by atoms with Crippen LogP contribution in [0.2, 0.25) is 5.02 Å². The molecule has 1 amide bonds. The molecular weight excluding hydrogens is 378 g/mol. The van der Waals surface area contributed by atoms with Gasteiger partial charge in [0, 0.05) is 10.6 Å². The number of aromatic nitrogens is 2. The standard InChI is InChI=1S/C21H20ClN3OS/c1-12-4-9-17(13(2)10-12)20-19-14(3)24-25(16-7-5-15(22)6-8-16)21(19)23-18(26)11-27-20/h4-10,20H,11H2,1-3H3,(H,23,26)/t20-/m1/s1. The number of amides is 1. The zero-order chi connectivity index (χ0) is 19.1. The Morgan fingerprint density at radius 2 is 1.89 bits per heavy atom. The molecular formula is C21H20ClN3OS. The van der Waals surface area contributed by atoms with Gasteiger partial charge in [-0.25, -0.2) is 4.68 Å². The van der Waals surface area contributed by atoms with Gasteiger partial charge in [-0.05, 0) is 56.2 Å². The van der Waals surface area contributed by atoms with Gasteiger partial charge in [0.05, 0.1) is 22.4 Å². The summed E-state index contributed by atoms with van der Waals surface area (Å²) in [6, 6.07) is 14.0. The van der Waals surface area contributed by atoms with E-state index in [9.17, 15) is 4.79 Å². The molecule has 0 bridgehead atoms. The van der Waals surface area contributed by atoms with Crippen molar-refractivity contribution in [1.82, 2.24) is 9.78 Å². The molecule has 0 spiro atoms. The Labute approximate surface area is 167 Å². The van der Waals surface area contributed by atoms with Crippen LogP contribution < -0.4 is 5.32 Å². The molecule has 4 nitrogen and oxygen atoms in total. The molecule has 0 unspecified atom stereocenters. The van der Waals surface area contributed by atoms with Gasteiger partial charge in [-0.2, -0.15) is 5.10 Å². The molecule has 27 heavy (non-hydrogen) atoms. The first kappa shape index (κ1) is 18.1. The number of hydrogen-bond donors (Lipinski definition) is 1. The van der Waals surface area contributed by atoms with E-state index in [1.54, 1.807) is 16.4 Å². The smallest absolute Gasteiger partial charge is 0.235 e. The van der Waals surface area contributed by atoms with E-state index in [2.05, 4.69) is 37.4 Å². The van der Waals surface area contributed by atoms with Gasteiger partial charge >= 0.3 is 0 Å². The molecule has 1 aromatic heterocycles. The fraction of sp³-hybridized carbons (Fsp3) is 0.238. The van der Waals surface area contributed by atoms with Crippen LogP contribution >= 0.6 is 23.4 Å². The fourth-order valence-corrected chi connectivity index (χ4v) is 4.93. The van der Waals surface area contributed by atoms with E-state index < -0.39 is 0 Å². The number of aryl methyl sites for hydroxylation is 3. The third kappa shape index (κ3) is 3.37. The van der Waals surface area contributed by atoms with E-state index in [1.165, 1.54) is 16.7 Å². The Morgan fingerprint density at radius 1 is 1.15 bits per heavy atom. The normalized spacial score (nSPS) is 16.6. The maximum Gasteiger partial charge on any atom is 0.235 e. The number of thioether (sulfide) groups is 1. The van der Waals surface area contributed by atoms with Gasteiger partial charge in [0.2, 0.25) is 5.91 Å². The van der Waals surface area contributed by atoms with Crippen LogP contribution in [0.5, 0.6) is 0 Å². The minimum absolute atomic E-state index is 0.0105. The Morgan fingerprint density at radius 3 is 2.59 bits per heavy atom. The van der Waals surface area contributed by atoms with Crippen molar-refractivity contribution >= 4 is 35.1 Å². The highest BCUT2D eigenvalue weighted by atomic mass is 35.5. The monoisotopic (exact) mass is 397 g/mol. The molecule has 138 valence electrons. The second-order valence-electron chi connectivity index (χ2n) is 6.84. The number of benzene rings is 2. The second kappa shape index (κ2) is 7.06. The van der Waals surface area contributed by atoms with Gasteiger partial charge in [0.1, 0.15) is 5.82 Å². The summed E-state index contributed by atoms with van der Waals surface area (Å²) in [5, 5.41) is 8.52. The zero-order valence-corrected chi connectivity index (χ0v) is 17.0. The Hall–Kier alpha value is -2.24. The fourth-order valence-electron chi connectivity index (χ4n) is 3.52. The first-order chi connectivity index (χ1) is 12.9. The van der Waals surface area contributed by atoms with Gasteiger partial charge in [-0.3, -0.25) is 4.79 Å². The molecule has 0 saturated heterocycles. The average molecular weight is 398 g/mol. The quantitative estimate of drug-likeness (QED) is 0.644. The molecule has 0 saturated carbocycles. The SMILES string of the molecule is Cc1ccc([C@H]2SCC(=O)Nc3c2c(C)nn3-c2ccc(Cl)cc2)c(C)c1. The predicted molar refractivity (Wildman–Crippen MR) is 112 cm³/mol. The van der Waals surface area contributed by atoms with Gasteiger partial charge in [-0.1, -0.05) is 35.4 Å². The van der Waals surface area contributed by atoms with Gasteiger partial charge in [-0.15, -0.1) is 11.8 Å². The molecule has 2 heterocycles. The van der Waals surface area contributed by atoms with Crippen LogP contribution in [0.3, 0.4) is 0 Å². The lowest BCUT2D eigenvalue weighted by atomic mass is 9.98. The van der Waals surface area contributed by atoms with Crippen molar-refractivity contribution in [3.63, 3.8) is 0 Å². The first-order valence-corrected chi connectivity index (χ1v) is 10.2. The highest BCUT2D eigenvalue weighted by Crippen LogP contribution is 2.44. The number of carbonyl (C=O) groups excluding carboxylic acids is 1. The molecule has 0 radical (unpaired) electrons. The number of halogens is 1. The molecule has 0 aliphatic carbocycles. The lowest BCUT2D eigenvalue weighted by molar-refractivity contribution is -0.113. The summed E-state index contributed by atoms with van der Waals surface area (Å²) >= 11 is 7.67. The van der Waals surface area contributed by atoms with Gasteiger partial charge in [0.15, 0.2) is 0 Å². The van der Waals surface area contributed by atoms with Gasteiger partial charge in [0.25, 0.3) is 0 Å². The highest BCUT2D eigenvalue weighted by Gasteiger charge is 2.31. The number of fused-ring (bicyclic) bond motifs is 1. The second-order valence-corrected chi connectivity index (χ2v) is 8.37. The van der Waals surface area contributed by atoms with Crippen molar-refractivity contribution in [1.29, 1.82) is 0 Å². The van der Waals surface area contributed by atoms with E-state index in [0.29, 0.717) is 10.8 Å². The van der Waals surface area contributed by atoms with E-state index in [1.807, 2.05) is 31.2 Å². The van der Waals surface area contributed by atoms with E-state index in [-0.39, 0.29) is 11.2 Å². The third-order valence-electron chi connectivity index (χ3n) is 4.79. The number of nitrogens with zero attached hydrogens (tertiary/aromatic N) is 2.